The first-order valence-electron chi connectivity index (χ1n) is 3.79. The number of carbonyl (C=O) groups excluding carboxylic acids is 2. The third-order valence-electron chi connectivity index (χ3n) is 1.75. The number of hydrogen-bond donors (Lipinski definition) is 0. The van der Waals surface area contributed by atoms with Gasteiger partial charge in [-0.15, -0.1) is 0 Å². The Kier molecular flexibility index (Phi) is 5.25. The average molecular weight is 190 g/mol. The highest BCUT2D eigenvalue weighted by molar-refractivity contribution is 5.78. The van der Waals surface area contributed by atoms with Crippen molar-refractivity contribution in [1.29, 1.82) is 0 Å². The van der Waals surface area contributed by atoms with Crippen molar-refractivity contribution in [2.75, 3.05) is 21.3 Å². The Labute approximate surface area is 77.0 Å². The average Bonchev–Trinajstić information content (AvgIpc) is 2.19. The lowest BCUT2D eigenvalue weighted by Gasteiger charge is -2.26. The fourth-order valence-corrected chi connectivity index (χ4v) is 0.961. The molecule has 13 heavy (non-hydrogen) atoms. The number of ether oxygens (including phenoxy) is 3. The highest BCUT2D eigenvalue weighted by Crippen LogP contribution is 2.19. The summed E-state index contributed by atoms with van der Waals surface area (Å²) in [7, 11) is 3.88. The molecule has 0 saturated carbocycles. The van der Waals surface area contributed by atoms with Crippen LogP contribution in [0.15, 0.2) is 0 Å². The van der Waals surface area contributed by atoms with Crippen LogP contribution in [-0.2, 0) is 23.8 Å². The minimum atomic E-state index is -1.45. The van der Waals surface area contributed by atoms with Gasteiger partial charge in [0.05, 0.1) is 7.11 Å². The molecule has 0 radical (unpaired) electrons. The van der Waals surface area contributed by atoms with E-state index in [2.05, 4.69) is 4.74 Å². The van der Waals surface area contributed by atoms with Crippen LogP contribution < -0.4 is 0 Å². The second kappa shape index (κ2) is 5.66. The van der Waals surface area contributed by atoms with Crippen LogP contribution in [0.3, 0.4) is 0 Å². The summed E-state index contributed by atoms with van der Waals surface area (Å²) in [6.45, 7) is 0. The van der Waals surface area contributed by atoms with Gasteiger partial charge in [0.1, 0.15) is 6.29 Å². The standard InChI is InChI=1S/C8H14O5/c1-11-7(10)8(12-2,13-3)5-4-6-9/h6H,4-5H2,1-3H3. The van der Waals surface area contributed by atoms with E-state index in [0.29, 0.717) is 6.29 Å². The van der Waals surface area contributed by atoms with Gasteiger partial charge in [-0.05, 0) is 0 Å². The van der Waals surface area contributed by atoms with Crippen molar-refractivity contribution in [2.45, 2.75) is 18.6 Å². The summed E-state index contributed by atoms with van der Waals surface area (Å²) in [6, 6.07) is 0. The van der Waals surface area contributed by atoms with Crippen molar-refractivity contribution in [2.24, 2.45) is 0 Å². The molecule has 0 aromatic heterocycles. The second-order valence-corrected chi connectivity index (χ2v) is 2.36. The molecule has 0 spiro atoms. The Bertz CT molecular complexity index is 173. The number of aldehydes is 1. The first-order valence-corrected chi connectivity index (χ1v) is 3.79. The third-order valence-corrected chi connectivity index (χ3v) is 1.75. The number of rotatable bonds is 6. The number of carbonyl (C=O) groups is 2. The predicted octanol–water partition coefficient (Wildman–Crippen LogP) is 0.128. The number of methoxy groups -OCH3 is 3. The Hall–Kier alpha value is -0.940. The fourth-order valence-electron chi connectivity index (χ4n) is 0.961. The summed E-state index contributed by atoms with van der Waals surface area (Å²) >= 11 is 0. The Morgan fingerprint density at radius 2 is 1.85 bits per heavy atom. The third kappa shape index (κ3) is 2.78. The van der Waals surface area contributed by atoms with E-state index in [1.807, 2.05) is 0 Å². The van der Waals surface area contributed by atoms with Gasteiger partial charge in [0.2, 0.25) is 0 Å². The molecule has 0 saturated heterocycles. The molecule has 5 heteroatoms. The van der Waals surface area contributed by atoms with Gasteiger partial charge in [0.25, 0.3) is 5.79 Å². The smallest absolute Gasteiger partial charge is 0.366 e. The number of hydrogen-bond acceptors (Lipinski definition) is 5. The largest absolute Gasteiger partial charge is 0.465 e. The zero-order chi connectivity index (χ0) is 10.3. The van der Waals surface area contributed by atoms with Crippen LogP contribution in [0.1, 0.15) is 12.8 Å². The minimum Gasteiger partial charge on any atom is -0.465 e. The van der Waals surface area contributed by atoms with Gasteiger partial charge in [-0.2, -0.15) is 0 Å². The molecular weight excluding hydrogens is 176 g/mol. The van der Waals surface area contributed by atoms with Crippen molar-refractivity contribution in [3.63, 3.8) is 0 Å². The highest BCUT2D eigenvalue weighted by atomic mass is 16.7. The summed E-state index contributed by atoms with van der Waals surface area (Å²) in [5.41, 5.74) is 0. The molecule has 0 amide bonds. The molecule has 0 aliphatic heterocycles. The molecule has 0 aliphatic rings. The van der Waals surface area contributed by atoms with Gasteiger partial charge in [-0.3, -0.25) is 0 Å². The second-order valence-electron chi connectivity index (χ2n) is 2.36. The zero-order valence-electron chi connectivity index (χ0n) is 8.03. The molecule has 0 aromatic rings. The van der Waals surface area contributed by atoms with E-state index in [4.69, 9.17) is 9.47 Å². The van der Waals surface area contributed by atoms with Crippen LogP contribution in [0.2, 0.25) is 0 Å². The van der Waals surface area contributed by atoms with Gasteiger partial charge in [-0.25, -0.2) is 4.79 Å². The fraction of sp³-hybridized carbons (Fsp3) is 0.750. The van der Waals surface area contributed by atoms with Crippen LogP contribution in [-0.4, -0.2) is 39.4 Å². The number of esters is 1. The van der Waals surface area contributed by atoms with Crippen molar-refractivity contribution in [1.82, 2.24) is 0 Å². The van der Waals surface area contributed by atoms with E-state index >= 15 is 0 Å². The zero-order valence-corrected chi connectivity index (χ0v) is 8.03. The summed E-state index contributed by atoms with van der Waals surface area (Å²) in [5.74, 6) is -2.09. The summed E-state index contributed by atoms with van der Waals surface area (Å²) < 4.78 is 14.3. The molecule has 0 unspecified atom stereocenters. The topological polar surface area (TPSA) is 61.8 Å². The quantitative estimate of drug-likeness (QED) is 0.338. The maximum Gasteiger partial charge on any atom is 0.366 e. The van der Waals surface area contributed by atoms with Gasteiger partial charge in [-0.1, -0.05) is 0 Å². The van der Waals surface area contributed by atoms with E-state index < -0.39 is 11.8 Å². The van der Waals surface area contributed by atoms with Crippen LogP contribution in [0.5, 0.6) is 0 Å². The molecule has 0 N–H and O–H groups in total. The molecule has 0 aromatic carbocycles. The maximum absolute atomic E-state index is 11.2. The molecular formula is C8H14O5. The van der Waals surface area contributed by atoms with E-state index in [9.17, 15) is 9.59 Å². The van der Waals surface area contributed by atoms with Crippen molar-refractivity contribution < 1.29 is 23.8 Å². The molecule has 0 fully saturated rings. The lowest BCUT2D eigenvalue weighted by Crippen LogP contribution is -2.43. The summed E-state index contributed by atoms with van der Waals surface area (Å²) in [5, 5.41) is 0. The van der Waals surface area contributed by atoms with Crippen molar-refractivity contribution >= 4 is 12.3 Å². The van der Waals surface area contributed by atoms with Crippen LogP contribution in [0.25, 0.3) is 0 Å². The van der Waals surface area contributed by atoms with Gasteiger partial charge >= 0.3 is 5.97 Å². The van der Waals surface area contributed by atoms with Gasteiger partial charge < -0.3 is 19.0 Å². The van der Waals surface area contributed by atoms with E-state index in [1.54, 1.807) is 0 Å². The van der Waals surface area contributed by atoms with E-state index in [-0.39, 0.29) is 12.8 Å². The monoisotopic (exact) mass is 190 g/mol. The minimum absolute atomic E-state index is 0.149. The van der Waals surface area contributed by atoms with E-state index in [0.717, 1.165) is 0 Å². The molecule has 76 valence electrons. The molecule has 0 bridgehead atoms. The predicted molar refractivity (Wildman–Crippen MR) is 44.1 cm³/mol. The molecule has 0 rings (SSSR count). The van der Waals surface area contributed by atoms with Crippen LogP contribution in [0.4, 0.5) is 0 Å². The summed E-state index contributed by atoms with van der Waals surface area (Å²) in [4.78, 5) is 21.3. The Balaban J connectivity index is 4.47. The van der Waals surface area contributed by atoms with Gasteiger partial charge in [0, 0.05) is 27.1 Å². The first kappa shape index (κ1) is 12.1. The normalized spacial score (nSPS) is 11.0. The summed E-state index contributed by atoms with van der Waals surface area (Å²) in [6.07, 6.45) is 1.02. The lowest BCUT2D eigenvalue weighted by atomic mass is 10.1. The highest BCUT2D eigenvalue weighted by Gasteiger charge is 2.39. The van der Waals surface area contributed by atoms with E-state index in [1.165, 1.54) is 21.3 Å². The molecule has 0 atom stereocenters. The molecule has 0 aliphatic carbocycles. The SMILES string of the molecule is COC(=O)C(CCC=O)(OC)OC. The van der Waals surface area contributed by atoms with Crippen LogP contribution in [0, 0.1) is 0 Å². The van der Waals surface area contributed by atoms with Crippen LogP contribution >= 0.6 is 0 Å². The Morgan fingerprint density at radius 3 is 2.15 bits per heavy atom. The molecule has 5 nitrogen and oxygen atoms in total. The van der Waals surface area contributed by atoms with Crippen molar-refractivity contribution in [3.05, 3.63) is 0 Å². The van der Waals surface area contributed by atoms with Crippen molar-refractivity contribution in [3.8, 4) is 0 Å². The molecule has 0 heterocycles. The maximum atomic E-state index is 11.2. The Morgan fingerprint density at radius 1 is 1.31 bits per heavy atom. The first-order chi connectivity index (χ1) is 6.16. The lowest BCUT2D eigenvalue weighted by molar-refractivity contribution is -0.230. The van der Waals surface area contributed by atoms with Gasteiger partial charge in [0.15, 0.2) is 0 Å².